The molecule has 0 aliphatic heterocycles. The van der Waals surface area contributed by atoms with Gasteiger partial charge in [-0.25, -0.2) is 9.78 Å². The Morgan fingerprint density at radius 3 is 2.11 bits per heavy atom. The summed E-state index contributed by atoms with van der Waals surface area (Å²) >= 11 is 12.5. The minimum atomic E-state index is -0.621. The highest BCUT2D eigenvalue weighted by Gasteiger charge is 2.23. The summed E-state index contributed by atoms with van der Waals surface area (Å²) in [4.78, 5) is 41.1. The number of halogens is 2. The van der Waals surface area contributed by atoms with Crippen molar-refractivity contribution in [3.8, 4) is 5.75 Å². The van der Waals surface area contributed by atoms with Crippen LogP contribution in [0.5, 0.6) is 5.75 Å². The van der Waals surface area contributed by atoms with Crippen LogP contribution in [0.25, 0.3) is 0 Å². The van der Waals surface area contributed by atoms with Crippen LogP contribution >= 0.6 is 23.2 Å². The van der Waals surface area contributed by atoms with Crippen LogP contribution in [0.1, 0.15) is 46.5 Å². The fourth-order valence-electron chi connectivity index (χ4n) is 5.13. The molecular formula is C35H40Cl2N6O3. The molecule has 1 aromatic heterocycles. The maximum atomic E-state index is 13.7. The first-order valence-corrected chi connectivity index (χ1v) is 15.9. The molecule has 0 spiro atoms. The number of amides is 2. The highest BCUT2D eigenvalue weighted by molar-refractivity contribution is 6.34. The monoisotopic (exact) mass is 662 g/mol. The third kappa shape index (κ3) is 9.19. The van der Waals surface area contributed by atoms with Crippen molar-refractivity contribution in [1.29, 1.82) is 0 Å². The zero-order chi connectivity index (χ0) is 33.4. The molecule has 0 saturated heterocycles. The van der Waals surface area contributed by atoms with Gasteiger partial charge in [-0.05, 0) is 99.1 Å². The first-order valence-electron chi connectivity index (χ1n) is 15.2. The second-order valence-corrected chi connectivity index (χ2v) is 12.0. The molecule has 11 heteroatoms. The third-order valence-electron chi connectivity index (χ3n) is 7.58. The van der Waals surface area contributed by atoms with E-state index in [2.05, 4.69) is 34.0 Å². The fraction of sp³-hybridized carbons (Fsp3) is 0.314. The molecule has 0 aliphatic carbocycles. The number of aryl methyl sites for hydroxylation is 3. The topological polar surface area (TPSA) is 90.9 Å². The van der Waals surface area contributed by atoms with Crippen LogP contribution < -0.4 is 15.0 Å². The Morgan fingerprint density at radius 1 is 0.870 bits per heavy atom. The fourth-order valence-corrected chi connectivity index (χ4v) is 5.70. The number of rotatable bonds is 12. The highest BCUT2D eigenvalue weighted by Crippen LogP contribution is 2.28. The summed E-state index contributed by atoms with van der Waals surface area (Å²) in [6.07, 6.45) is 0.935. The SMILES string of the molecule is CCN(CC)CCN(C)C(=O)c1ccc(Nc2nccc(N(Cc3cc(Cl)cc(Cl)c3)C(=O)Oc3c(C)cc(C)cc3C)n2)cc1. The summed E-state index contributed by atoms with van der Waals surface area (Å²) in [7, 11) is 1.81. The van der Waals surface area contributed by atoms with E-state index in [1.165, 1.54) is 4.90 Å². The van der Waals surface area contributed by atoms with Crippen molar-refractivity contribution in [2.45, 2.75) is 41.2 Å². The van der Waals surface area contributed by atoms with E-state index >= 15 is 0 Å². The molecule has 3 aromatic carbocycles. The average molecular weight is 664 g/mol. The lowest BCUT2D eigenvalue weighted by atomic mass is 10.1. The summed E-state index contributed by atoms with van der Waals surface area (Å²) in [5.41, 5.74) is 4.73. The van der Waals surface area contributed by atoms with Crippen LogP contribution in [0.2, 0.25) is 10.0 Å². The molecule has 4 aromatic rings. The molecule has 4 rings (SSSR count). The summed E-state index contributed by atoms with van der Waals surface area (Å²) < 4.78 is 5.94. The van der Waals surface area contributed by atoms with Gasteiger partial charge in [0.25, 0.3) is 5.91 Å². The Morgan fingerprint density at radius 2 is 1.50 bits per heavy atom. The number of carbonyl (C=O) groups is 2. The van der Waals surface area contributed by atoms with E-state index < -0.39 is 6.09 Å². The molecule has 0 unspecified atom stereocenters. The van der Waals surface area contributed by atoms with Crippen molar-refractivity contribution in [3.05, 3.63) is 105 Å². The second-order valence-electron chi connectivity index (χ2n) is 11.2. The number of anilines is 3. The summed E-state index contributed by atoms with van der Waals surface area (Å²) in [5, 5.41) is 4.06. The van der Waals surface area contributed by atoms with E-state index in [-0.39, 0.29) is 18.4 Å². The smallest absolute Gasteiger partial charge is 0.409 e. The van der Waals surface area contributed by atoms with E-state index in [0.717, 1.165) is 36.3 Å². The number of aromatic nitrogens is 2. The van der Waals surface area contributed by atoms with E-state index in [0.29, 0.717) is 45.0 Å². The van der Waals surface area contributed by atoms with Gasteiger partial charge in [0.1, 0.15) is 11.6 Å². The van der Waals surface area contributed by atoms with E-state index in [1.54, 1.807) is 59.6 Å². The number of likely N-dealkylation sites (N-methyl/N-ethyl adjacent to an activating group) is 2. The number of nitrogens with zero attached hydrogens (tertiary/aromatic N) is 5. The largest absolute Gasteiger partial charge is 0.421 e. The van der Waals surface area contributed by atoms with E-state index in [4.69, 9.17) is 27.9 Å². The molecule has 46 heavy (non-hydrogen) atoms. The van der Waals surface area contributed by atoms with Gasteiger partial charge in [0.15, 0.2) is 0 Å². The molecule has 0 saturated carbocycles. The van der Waals surface area contributed by atoms with Gasteiger partial charge in [-0.1, -0.05) is 54.7 Å². The highest BCUT2D eigenvalue weighted by atomic mass is 35.5. The lowest BCUT2D eigenvalue weighted by Gasteiger charge is -2.23. The van der Waals surface area contributed by atoms with Crippen molar-refractivity contribution in [2.75, 3.05) is 43.4 Å². The van der Waals surface area contributed by atoms with Gasteiger partial charge in [-0.2, -0.15) is 4.98 Å². The quantitative estimate of drug-likeness (QED) is 0.164. The summed E-state index contributed by atoms with van der Waals surface area (Å²) in [6, 6.07) is 17.8. The molecule has 2 amide bonds. The maximum absolute atomic E-state index is 13.7. The number of ether oxygens (including phenoxy) is 1. The molecule has 9 nitrogen and oxygen atoms in total. The molecule has 0 radical (unpaired) electrons. The zero-order valence-corrected chi connectivity index (χ0v) is 28.6. The maximum Gasteiger partial charge on any atom is 0.421 e. The van der Waals surface area contributed by atoms with Gasteiger partial charge in [0.05, 0.1) is 6.54 Å². The van der Waals surface area contributed by atoms with Gasteiger partial charge >= 0.3 is 6.09 Å². The second kappa shape index (κ2) is 15.9. The van der Waals surface area contributed by atoms with Crippen LogP contribution in [-0.2, 0) is 6.54 Å². The first-order chi connectivity index (χ1) is 22.0. The van der Waals surface area contributed by atoms with Gasteiger partial charge in [-0.3, -0.25) is 9.69 Å². The minimum Gasteiger partial charge on any atom is -0.409 e. The molecule has 0 atom stereocenters. The first kappa shape index (κ1) is 34.7. The Hall–Kier alpha value is -4.18. The number of hydrogen-bond acceptors (Lipinski definition) is 7. The molecule has 242 valence electrons. The van der Waals surface area contributed by atoms with Crippen molar-refractivity contribution in [1.82, 2.24) is 19.8 Å². The van der Waals surface area contributed by atoms with Crippen LogP contribution in [-0.4, -0.2) is 65.0 Å². The Kier molecular flexibility index (Phi) is 12.0. The number of nitrogens with one attached hydrogen (secondary N) is 1. The predicted octanol–water partition coefficient (Wildman–Crippen LogP) is 8.07. The average Bonchev–Trinajstić information content (AvgIpc) is 3.01. The Bertz CT molecular complexity index is 1630. The van der Waals surface area contributed by atoms with Crippen LogP contribution in [0.4, 0.5) is 22.2 Å². The Labute approximate surface area is 281 Å². The third-order valence-corrected chi connectivity index (χ3v) is 8.01. The normalized spacial score (nSPS) is 11.0. The van der Waals surface area contributed by atoms with E-state index in [1.807, 2.05) is 40.0 Å². The van der Waals surface area contributed by atoms with E-state index in [9.17, 15) is 9.59 Å². The van der Waals surface area contributed by atoms with Crippen LogP contribution in [0.15, 0.2) is 66.9 Å². The Balaban J connectivity index is 1.55. The predicted molar refractivity (Wildman–Crippen MR) is 186 cm³/mol. The van der Waals surface area contributed by atoms with Crippen LogP contribution in [0, 0.1) is 20.8 Å². The summed E-state index contributed by atoms with van der Waals surface area (Å²) in [6.45, 7) is 13.5. The van der Waals surface area contributed by atoms with Crippen LogP contribution in [0.3, 0.4) is 0 Å². The van der Waals surface area contributed by atoms with Crippen molar-refractivity contribution < 1.29 is 14.3 Å². The summed E-state index contributed by atoms with van der Waals surface area (Å²) in [5.74, 6) is 1.01. The molecule has 0 aliphatic rings. The van der Waals surface area contributed by atoms with Crippen molar-refractivity contribution in [3.63, 3.8) is 0 Å². The molecule has 1 N–H and O–H groups in total. The van der Waals surface area contributed by atoms with Gasteiger partial charge in [0.2, 0.25) is 5.95 Å². The van der Waals surface area contributed by atoms with Gasteiger partial charge < -0.3 is 19.9 Å². The lowest BCUT2D eigenvalue weighted by molar-refractivity contribution is 0.0779. The zero-order valence-electron chi connectivity index (χ0n) is 27.1. The number of carbonyl (C=O) groups excluding carboxylic acids is 2. The van der Waals surface area contributed by atoms with Gasteiger partial charge in [0, 0.05) is 47.6 Å². The van der Waals surface area contributed by atoms with Gasteiger partial charge in [-0.15, -0.1) is 0 Å². The minimum absolute atomic E-state index is 0.0497. The molecule has 0 fully saturated rings. The molecule has 0 bridgehead atoms. The molecule has 1 heterocycles. The van der Waals surface area contributed by atoms with Crippen molar-refractivity contribution in [2.24, 2.45) is 0 Å². The van der Waals surface area contributed by atoms with Crippen molar-refractivity contribution >= 4 is 52.7 Å². The standard InChI is InChI=1S/C35H40Cl2N6O3/c1-7-42(8-2)16-15-41(6)33(44)27-9-11-30(12-10-27)39-34-38-14-13-31(40-34)43(22-26-19-28(36)21-29(37)20-26)35(45)46-32-24(4)17-23(3)18-25(32)5/h9-14,17-21H,7-8,15-16,22H2,1-6H3,(H,38,39,40). The lowest BCUT2D eigenvalue weighted by Crippen LogP contribution is -2.36. The number of benzene rings is 3. The molecular weight excluding hydrogens is 623 g/mol. The number of hydrogen-bond donors (Lipinski definition) is 1.